The summed E-state index contributed by atoms with van der Waals surface area (Å²) in [6, 6.07) is 23.8. The molecular weight excluding hydrogens is 485 g/mol. The Morgan fingerprint density at radius 2 is 1.62 bits per heavy atom. The minimum atomic E-state index is -0.187. The molecule has 0 bridgehead atoms. The second-order valence-electron chi connectivity index (χ2n) is 10.5. The zero-order chi connectivity index (χ0) is 25.8. The summed E-state index contributed by atoms with van der Waals surface area (Å²) in [6.07, 6.45) is 0.785. The summed E-state index contributed by atoms with van der Waals surface area (Å²) in [5.74, 6) is 0.136. The van der Waals surface area contributed by atoms with Gasteiger partial charge in [-0.1, -0.05) is 72.3 Å². The molecule has 3 aromatic rings. The molecule has 0 unspecified atom stereocenters. The van der Waals surface area contributed by atoms with Crippen molar-refractivity contribution in [1.82, 2.24) is 14.7 Å². The molecule has 0 aliphatic carbocycles. The third kappa shape index (κ3) is 6.40. The molecule has 5 rings (SSSR count). The van der Waals surface area contributed by atoms with E-state index < -0.39 is 0 Å². The molecule has 194 valence electrons. The normalized spacial score (nSPS) is 21.2. The van der Waals surface area contributed by atoms with Crippen molar-refractivity contribution in [3.63, 3.8) is 0 Å². The smallest absolute Gasteiger partial charge is 0.227 e. The van der Waals surface area contributed by atoms with Gasteiger partial charge in [0.05, 0.1) is 5.92 Å². The fourth-order valence-corrected chi connectivity index (χ4v) is 5.95. The van der Waals surface area contributed by atoms with Gasteiger partial charge in [0.25, 0.3) is 0 Å². The number of hydrogen-bond acceptors (Lipinski definition) is 3. The highest BCUT2D eigenvalue weighted by atomic mass is 35.5. The Hall–Kier alpha value is -2.73. The van der Waals surface area contributed by atoms with Gasteiger partial charge in [-0.2, -0.15) is 0 Å². The van der Waals surface area contributed by atoms with Gasteiger partial charge in [-0.25, -0.2) is 4.39 Å². The van der Waals surface area contributed by atoms with E-state index in [1.165, 1.54) is 5.56 Å². The van der Waals surface area contributed by atoms with Gasteiger partial charge < -0.3 is 4.90 Å². The maximum atomic E-state index is 14.0. The van der Waals surface area contributed by atoms with E-state index in [1.54, 1.807) is 13.0 Å². The van der Waals surface area contributed by atoms with Crippen molar-refractivity contribution in [3.05, 3.63) is 106 Å². The first-order valence-electron chi connectivity index (χ1n) is 13.2. The second kappa shape index (κ2) is 11.8. The van der Waals surface area contributed by atoms with Gasteiger partial charge in [-0.05, 0) is 53.6 Å². The summed E-state index contributed by atoms with van der Waals surface area (Å²) in [5.41, 5.74) is 4.13. The Bertz CT molecular complexity index is 1210. The minimum Gasteiger partial charge on any atom is -0.340 e. The Kier molecular flexibility index (Phi) is 8.23. The van der Waals surface area contributed by atoms with Crippen LogP contribution in [0.25, 0.3) is 0 Å². The fourth-order valence-electron chi connectivity index (χ4n) is 5.76. The monoisotopic (exact) mass is 519 g/mol. The molecule has 3 aromatic carbocycles. The lowest BCUT2D eigenvalue weighted by atomic mass is 9.83. The predicted molar refractivity (Wildman–Crippen MR) is 147 cm³/mol. The summed E-state index contributed by atoms with van der Waals surface area (Å²) in [4.78, 5) is 20.6. The molecule has 4 nitrogen and oxygen atoms in total. The molecule has 1 amide bonds. The van der Waals surface area contributed by atoms with Gasteiger partial charge in [0.1, 0.15) is 5.82 Å². The van der Waals surface area contributed by atoms with Crippen LogP contribution >= 0.6 is 11.6 Å². The number of nitrogens with zero attached hydrogens (tertiary/aromatic N) is 3. The number of piperidine rings is 1. The van der Waals surface area contributed by atoms with E-state index >= 15 is 0 Å². The zero-order valence-electron chi connectivity index (χ0n) is 21.5. The molecule has 0 radical (unpaired) electrons. The predicted octanol–water partition coefficient (Wildman–Crippen LogP) is 5.74. The molecular formula is C31H35ClFN3O. The first-order chi connectivity index (χ1) is 18.0. The van der Waals surface area contributed by atoms with Gasteiger partial charge in [-0.3, -0.25) is 14.6 Å². The maximum absolute atomic E-state index is 14.0. The van der Waals surface area contributed by atoms with Gasteiger partial charge in [0, 0.05) is 57.4 Å². The van der Waals surface area contributed by atoms with Crippen LogP contribution in [0.4, 0.5) is 4.39 Å². The van der Waals surface area contributed by atoms with Crippen molar-refractivity contribution >= 4 is 17.5 Å². The van der Waals surface area contributed by atoms with Gasteiger partial charge >= 0.3 is 0 Å². The maximum Gasteiger partial charge on any atom is 0.227 e. The highest BCUT2D eigenvalue weighted by Gasteiger charge is 2.35. The van der Waals surface area contributed by atoms with Gasteiger partial charge in [0.15, 0.2) is 0 Å². The number of benzene rings is 3. The average Bonchev–Trinajstić information content (AvgIpc) is 2.92. The Balaban J connectivity index is 1.28. The number of amides is 1. The topological polar surface area (TPSA) is 26.8 Å². The Labute approximate surface area is 224 Å². The Morgan fingerprint density at radius 1 is 0.892 bits per heavy atom. The number of halogens is 2. The van der Waals surface area contributed by atoms with E-state index in [0.717, 1.165) is 61.8 Å². The van der Waals surface area contributed by atoms with Crippen LogP contribution in [0, 0.1) is 18.7 Å². The molecule has 0 saturated carbocycles. The molecule has 0 N–H and O–H groups in total. The van der Waals surface area contributed by atoms with Crippen molar-refractivity contribution in [2.75, 3.05) is 39.3 Å². The van der Waals surface area contributed by atoms with Crippen LogP contribution in [0.5, 0.6) is 0 Å². The van der Waals surface area contributed by atoms with Crippen LogP contribution < -0.4 is 0 Å². The third-order valence-electron chi connectivity index (χ3n) is 7.81. The van der Waals surface area contributed by atoms with E-state index in [9.17, 15) is 9.18 Å². The van der Waals surface area contributed by atoms with Gasteiger partial charge in [-0.15, -0.1) is 0 Å². The molecule has 0 aromatic heterocycles. The van der Waals surface area contributed by atoms with Crippen LogP contribution in [-0.2, 0) is 17.9 Å². The average molecular weight is 520 g/mol. The SMILES string of the molecule is Cc1cc([C@@H]2C[C@H](C(=O)N3CCN(Cc4ccccc4)CC3)CN(Cc3ccccc3Cl)C2)ccc1F. The van der Waals surface area contributed by atoms with Crippen LogP contribution in [0.15, 0.2) is 72.8 Å². The van der Waals surface area contributed by atoms with Crippen molar-refractivity contribution in [2.45, 2.75) is 32.4 Å². The number of aryl methyl sites for hydroxylation is 1. The molecule has 6 heteroatoms. The van der Waals surface area contributed by atoms with E-state index in [2.05, 4.69) is 45.0 Å². The molecule has 2 aliphatic rings. The quantitative estimate of drug-likeness (QED) is 0.415. The van der Waals surface area contributed by atoms with E-state index in [4.69, 9.17) is 11.6 Å². The van der Waals surface area contributed by atoms with Crippen molar-refractivity contribution < 1.29 is 9.18 Å². The van der Waals surface area contributed by atoms with Gasteiger partial charge in [0.2, 0.25) is 5.91 Å². The summed E-state index contributed by atoms with van der Waals surface area (Å²) in [6.45, 7) is 8.25. The zero-order valence-corrected chi connectivity index (χ0v) is 22.2. The number of carbonyl (C=O) groups is 1. The van der Waals surface area contributed by atoms with Crippen molar-refractivity contribution in [3.8, 4) is 0 Å². The molecule has 2 atom stereocenters. The number of piperazine rings is 1. The van der Waals surface area contributed by atoms with Crippen molar-refractivity contribution in [2.24, 2.45) is 5.92 Å². The third-order valence-corrected chi connectivity index (χ3v) is 8.18. The summed E-state index contributed by atoms with van der Waals surface area (Å²) in [7, 11) is 0. The molecule has 0 spiro atoms. The molecule has 37 heavy (non-hydrogen) atoms. The summed E-state index contributed by atoms with van der Waals surface area (Å²) in [5, 5.41) is 0.750. The highest BCUT2D eigenvalue weighted by Crippen LogP contribution is 2.34. The van der Waals surface area contributed by atoms with E-state index in [1.807, 2.05) is 36.4 Å². The lowest BCUT2D eigenvalue weighted by Crippen LogP contribution is -2.53. The largest absolute Gasteiger partial charge is 0.340 e. The van der Waals surface area contributed by atoms with Crippen LogP contribution in [0.3, 0.4) is 0 Å². The van der Waals surface area contributed by atoms with Crippen LogP contribution in [0.1, 0.15) is 34.6 Å². The summed E-state index contributed by atoms with van der Waals surface area (Å²) >= 11 is 6.48. The van der Waals surface area contributed by atoms with E-state index in [-0.39, 0.29) is 23.6 Å². The molecule has 2 fully saturated rings. The van der Waals surface area contributed by atoms with E-state index in [0.29, 0.717) is 18.7 Å². The fraction of sp³-hybridized carbons (Fsp3) is 0.387. The van der Waals surface area contributed by atoms with Crippen LogP contribution in [0.2, 0.25) is 5.02 Å². The summed E-state index contributed by atoms with van der Waals surface area (Å²) < 4.78 is 14.0. The first-order valence-corrected chi connectivity index (χ1v) is 13.6. The number of rotatable bonds is 6. The Morgan fingerprint density at radius 3 is 2.35 bits per heavy atom. The minimum absolute atomic E-state index is 0.0905. The lowest BCUT2D eigenvalue weighted by molar-refractivity contribution is -0.139. The lowest BCUT2D eigenvalue weighted by Gasteiger charge is -2.41. The number of carbonyl (C=O) groups excluding carboxylic acids is 1. The highest BCUT2D eigenvalue weighted by molar-refractivity contribution is 6.31. The molecule has 2 heterocycles. The molecule has 2 saturated heterocycles. The molecule has 2 aliphatic heterocycles. The number of likely N-dealkylation sites (tertiary alicyclic amines) is 1. The first kappa shape index (κ1) is 25.9. The van der Waals surface area contributed by atoms with Crippen molar-refractivity contribution in [1.29, 1.82) is 0 Å². The van der Waals surface area contributed by atoms with Crippen LogP contribution in [-0.4, -0.2) is 59.9 Å². The standard InChI is InChI=1S/C31H35ClFN3O/c1-23-17-25(11-12-30(23)33)27-18-28(22-35(21-27)20-26-9-5-6-10-29(26)32)31(37)36-15-13-34(14-16-36)19-24-7-3-2-4-8-24/h2-12,17,27-28H,13-16,18-22H2,1H3/t27-,28+/m1/s1. The number of hydrogen-bond donors (Lipinski definition) is 0. The second-order valence-corrected chi connectivity index (χ2v) is 10.9.